The molecule has 2 rings (SSSR count). The molecular formula is C14H18BrNO3. The van der Waals surface area contributed by atoms with Crippen molar-refractivity contribution >= 4 is 21.8 Å². The summed E-state index contributed by atoms with van der Waals surface area (Å²) in [5.74, 6) is -0.296. The van der Waals surface area contributed by atoms with E-state index in [1.807, 2.05) is 0 Å². The Morgan fingerprint density at radius 1 is 1.37 bits per heavy atom. The highest BCUT2D eigenvalue weighted by Gasteiger charge is 2.30. The summed E-state index contributed by atoms with van der Waals surface area (Å²) in [5.41, 5.74) is 0.259. The SMILES string of the molecule is CN(C(=O)c1cc(Br)ccc1O)C1CCCCC1O. The lowest BCUT2D eigenvalue weighted by molar-refractivity contribution is 0.0266. The summed E-state index contributed by atoms with van der Waals surface area (Å²) in [6.07, 6.45) is 3.08. The second-order valence-corrected chi connectivity index (χ2v) is 5.91. The molecule has 1 aromatic carbocycles. The standard InChI is InChI=1S/C14H18BrNO3/c1-16(11-4-2-3-5-13(11)18)14(19)10-8-9(15)6-7-12(10)17/h6-8,11,13,17-18H,2-5H2,1H3. The van der Waals surface area contributed by atoms with E-state index in [0.29, 0.717) is 0 Å². The van der Waals surface area contributed by atoms with E-state index in [1.165, 1.54) is 6.07 Å². The van der Waals surface area contributed by atoms with Gasteiger partial charge in [-0.1, -0.05) is 28.8 Å². The van der Waals surface area contributed by atoms with Gasteiger partial charge in [-0.25, -0.2) is 0 Å². The number of aliphatic hydroxyl groups is 1. The van der Waals surface area contributed by atoms with Crippen molar-refractivity contribution in [1.29, 1.82) is 0 Å². The Labute approximate surface area is 121 Å². The van der Waals surface area contributed by atoms with Gasteiger partial charge in [0.25, 0.3) is 5.91 Å². The van der Waals surface area contributed by atoms with Crippen molar-refractivity contribution in [1.82, 2.24) is 4.90 Å². The monoisotopic (exact) mass is 327 g/mol. The highest BCUT2D eigenvalue weighted by Crippen LogP contribution is 2.27. The molecule has 4 nitrogen and oxygen atoms in total. The smallest absolute Gasteiger partial charge is 0.257 e. The number of halogens is 1. The highest BCUT2D eigenvalue weighted by molar-refractivity contribution is 9.10. The van der Waals surface area contributed by atoms with Gasteiger partial charge in [-0.15, -0.1) is 0 Å². The lowest BCUT2D eigenvalue weighted by Gasteiger charge is -2.35. The second-order valence-electron chi connectivity index (χ2n) is 5.00. The van der Waals surface area contributed by atoms with E-state index in [1.54, 1.807) is 24.1 Å². The first-order chi connectivity index (χ1) is 9.00. The molecule has 0 aliphatic heterocycles. The normalized spacial score (nSPS) is 23.1. The van der Waals surface area contributed by atoms with Crippen LogP contribution in [0.25, 0.3) is 0 Å². The van der Waals surface area contributed by atoms with Crippen LogP contribution in [0.4, 0.5) is 0 Å². The zero-order valence-electron chi connectivity index (χ0n) is 10.8. The first kappa shape index (κ1) is 14.3. The van der Waals surface area contributed by atoms with Gasteiger partial charge < -0.3 is 15.1 Å². The first-order valence-electron chi connectivity index (χ1n) is 6.44. The number of nitrogens with zero attached hydrogens (tertiary/aromatic N) is 1. The third-order valence-corrected chi connectivity index (χ3v) is 4.19. The average Bonchev–Trinajstić information content (AvgIpc) is 2.40. The topological polar surface area (TPSA) is 60.8 Å². The van der Waals surface area contributed by atoms with Crippen LogP contribution in [0.3, 0.4) is 0 Å². The summed E-state index contributed by atoms with van der Waals surface area (Å²) in [4.78, 5) is 13.9. The maximum absolute atomic E-state index is 12.4. The molecule has 1 fully saturated rings. The van der Waals surface area contributed by atoms with E-state index in [-0.39, 0.29) is 23.3 Å². The predicted octanol–water partition coefficient (Wildman–Crippen LogP) is 2.53. The first-order valence-corrected chi connectivity index (χ1v) is 7.23. The average molecular weight is 328 g/mol. The summed E-state index contributed by atoms with van der Waals surface area (Å²) < 4.78 is 0.742. The molecule has 1 aliphatic carbocycles. The van der Waals surface area contributed by atoms with Crippen molar-refractivity contribution in [2.75, 3.05) is 7.05 Å². The Balaban J connectivity index is 2.20. The van der Waals surface area contributed by atoms with Crippen molar-refractivity contribution in [2.45, 2.75) is 37.8 Å². The third-order valence-electron chi connectivity index (χ3n) is 3.70. The van der Waals surface area contributed by atoms with Crippen LogP contribution in [0, 0.1) is 0 Å². The van der Waals surface area contributed by atoms with Gasteiger partial charge in [0.15, 0.2) is 0 Å². The number of phenolic OH excluding ortho intramolecular Hbond substituents is 1. The zero-order valence-corrected chi connectivity index (χ0v) is 12.4. The fourth-order valence-electron chi connectivity index (χ4n) is 2.56. The van der Waals surface area contributed by atoms with Crippen molar-refractivity contribution in [3.05, 3.63) is 28.2 Å². The minimum Gasteiger partial charge on any atom is -0.507 e. The fourth-order valence-corrected chi connectivity index (χ4v) is 2.92. The minimum absolute atomic E-state index is 0.0367. The Hall–Kier alpha value is -1.07. The Bertz CT molecular complexity index is 478. The van der Waals surface area contributed by atoms with Crippen LogP contribution in [-0.2, 0) is 0 Å². The molecule has 1 amide bonds. The number of amides is 1. The van der Waals surface area contributed by atoms with Gasteiger partial charge in [-0.2, -0.15) is 0 Å². The maximum atomic E-state index is 12.4. The number of aromatic hydroxyl groups is 1. The summed E-state index contributed by atoms with van der Waals surface area (Å²) in [6, 6.07) is 4.60. The van der Waals surface area contributed by atoms with Gasteiger partial charge in [0.1, 0.15) is 5.75 Å². The molecular weight excluding hydrogens is 310 g/mol. The van der Waals surface area contributed by atoms with E-state index in [4.69, 9.17) is 0 Å². The molecule has 2 atom stereocenters. The summed E-state index contributed by atoms with van der Waals surface area (Å²) >= 11 is 3.29. The fraction of sp³-hybridized carbons (Fsp3) is 0.500. The van der Waals surface area contributed by atoms with Crippen LogP contribution in [0.15, 0.2) is 22.7 Å². The molecule has 0 radical (unpaired) electrons. The third kappa shape index (κ3) is 3.09. The van der Waals surface area contributed by atoms with E-state index >= 15 is 0 Å². The van der Waals surface area contributed by atoms with Gasteiger partial charge in [-0.3, -0.25) is 4.79 Å². The number of carbonyl (C=O) groups excluding carboxylic acids is 1. The minimum atomic E-state index is -0.475. The van der Waals surface area contributed by atoms with Gasteiger partial charge in [0, 0.05) is 11.5 Å². The molecule has 0 spiro atoms. The van der Waals surface area contributed by atoms with Gasteiger partial charge in [0.2, 0.25) is 0 Å². The van der Waals surface area contributed by atoms with Crippen LogP contribution in [0.1, 0.15) is 36.0 Å². The molecule has 1 aromatic rings. The van der Waals surface area contributed by atoms with E-state index < -0.39 is 6.10 Å². The lowest BCUT2D eigenvalue weighted by atomic mass is 9.91. The molecule has 2 unspecified atom stereocenters. The van der Waals surface area contributed by atoms with Crippen LogP contribution < -0.4 is 0 Å². The number of hydrogen-bond acceptors (Lipinski definition) is 3. The van der Waals surface area contributed by atoms with Crippen LogP contribution in [0.5, 0.6) is 5.75 Å². The van der Waals surface area contributed by atoms with Crippen LogP contribution in [-0.4, -0.2) is 40.2 Å². The summed E-state index contributed by atoms with van der Waals surface area (Å²) in [6.45, 7) is 0. The van der Waals surface area contributed by atoms with Crippen molar-refractivity contribution < 1.29 is 15.0 Å². The molecule has 104 valence electrons. The maximum Gasteiger partial charge on any atom is 0.257 e. The van der Waals surface area contributed by atoms with E-state index in [2.05, 4.69) is 15.9 Å². The van der Waals surface area contributed by atoms with E-state index in [9.17, 15) is 15.0 Å². The molecule has 5 heteroatoms. The Morgan fingerprint density at radius 2 is 2.05 bits per heavy atom. The summed E-state index contributed by atoms with van der Waals surface area (Å²) in [7, 11) is 1.68. The molecule has 0 saturated heterocycles. The number of likely N-dealkylation sites (N-methyl/N-ethyl adjacent to an activating group) is 1. The molecule has 0 bridgehead atoms. The molecule has 19 heavy (non-hydrogen) atoms. The second kappa shape index (κ2) is 5.92. The number of benzene rings is 1. The zero-order chi connectivity index (χ0) is 14.0. The number of rotatable bonds is 2. The predicted molar refractivity (Wildman–Crippen MR) is 76.2 cm³/mol. The molecule has 2 N–H and O–H groups in total. The molecule has 0 aromatic heterocycles. The number of aliphatic hydroxyl groups excluding tert-OH is 1. The van der Waals surface area contributed by atoms with Crippen LogP contribution >= 0.6 is 15.9 Å². The van der Waals surface area contributed by atoms with Crippen molar-refractivity contribution in [2.24, 2.45) is 0 Å². The van der Waals surface area contributed by atoms with Crippen molar-refractivity contribution in [3.63, 3.8) is 0 Å². The Kier molecular flexibility index (Phi) is 4.47. The lowest BCUT2D eigenvalue weighted by Crippen LogP contribution is -2.46. The van der Waals surface area contributed by atoms with Crippen molar-refractivity contribution in [3.8, 4) is 5.75 Å². The number of carbonyl (C=O) groups is 1. The van der Waals surface area contributed by atoms with E-state index in [0.717, 1.165) is 30.2 Å². The van der Waals surface area contributed by atoms with Crippen LogP contribution in [0.2, 0.25) is 0 Å². The quantitative estimate of drug-likeness (QED) is 0.877. The molecule has 1 aliphatic rings. The molecule has 1 saturated carbocycles. The van der Waals surface area contributed by atoms with Gasteiger partial charge in [0.05, 0.1) is 17.7 Å². The van der Waals surface area contributed by atoms with Gasteiger partial charge >= 0.3 is 0 Å². The molecule has 0 heterocycles. The number of phenols is 1. The largest absolute Gasteiger partial charge is 0.507 e. The highest BCUT2D eigenvalue weighted by atomic mass is 79.9. The summed E-state index contributed by atoms with van der Waals surface area (Å²) in [5, 5.41) is 19.8. The Morgan fingerprint density at radius 3 is 2.74 bits per heavy atom. The number of hydrogen-bond donors (Lipinski definition) is 2. The van der Waals surface area contributed by atoms with Gasteiger partial charge in [-0.05, 0) is 31.0 Å².